The smallest absolute Gasteiger partial charge is 0.0384 e. The third-order valence-corrected chi connectivity index (χ3v) is 1.84. The standard InChI is InChI=1S/C12H11N.Li.H/c1-3-7-11(8-4-1)13-12-9-5-2-6-10-12;;/h1-10,13H;;. The van der Waals surface area contributed by atoms with Gasteiger partial charge in [-0.05, 0) is 24.3 Å². The van der Waals surface area contributed by atoms with Crippen LogP contribution >= 0.6 is 0 Å². The van der Waals surface area contributed by atoms with Crippen LogP contribution in [-0.2, 0) is 0 Å². The maximum Gasteiger partial charge on any atom is 0.0384 e. The minimum absolute atomic E-state index is 0. The first-order valence-electron chi connectivity index (χ1n) is 4.32. The number of benzene rings is 2. The van der Waals surface area contributed by atoms with E-state index in [-0.39, 0.29) is 18.9 Å². The van der Waals surface area contributed by atoms with Crippen molar-refractivity contribution in [1.29, 1.82) is 0 Å². The number of para-hydroxylation sites is 2. The molecule has 0 aliphatic rings. The number of rotatable bonds is 2. The van der Waals surface area contributed by atoms with Gasteiger partial charge in [-0.2, -0.15) is 0 Å². The van der Waals surface area contributed by atoms with Gasteiger partial charge in [0, 0.05) is 11.4 Å². The van der Waals surface area contributed by atoms with Crippen LogP contribution in [0.2, 0.25) is 0 Å². The summed E-state index contributed by atoms with van der Waals surface area (Å²) in [6.45, 7) is 0. The molecule has 0 aliphatic heterocycles. The van der Waals surface area contributed by atoms with Gasteiger partial charge < -0.3 is 5.32 Å². The van der Waals surface area contributed by atoms with Crippen LogP contribution in [0.1, 0.15) is 0 Å². The molecule has 0 aliphatic carbocycles. The first-order chi connectivity index (χ1) is 6.45. The zero-order valence-corrected chi connectivity index (χ0v) is 7.27. The van der Waals surface area contributed by atoms with Crippen molar-refractivity contribution in [3.8, 4) is 0 Å². The van der Waals surface area contributed by atoms with Crippen LogP contribution in [0.15, 0.2) is 60.7 Å². The van der Waals surface area contributed by atoms with Crippen LogP contribution in [0.25, 0.3) is 0 Å². The Morgan fingerprint density at radius 1 is 0.571 bits per heavy atom. The zero-order chi connectivity index (χ0) is 8.93. The largest absolute Gasteiger partial charge is 0.356 e. The molecule has 0 unspecified atom stereocenters. The summed E-state index contributed by atoms with van der Waals surface area (Å²) in [5.41, 5.74) is 2.24. The second-order valence-electron chi connectivity index (χ2n) is 2.86. The van der Waals surface area contributed by atoms with Gasteiger partial charge in [0.05, 0.1) is 0 Å². The van der Waals surface area contributed by atoms with Gasteiger partial charge in [0.2, 0.25) is 0 Å². The van der Waals surface area contributed by atoms with E-state index in [1.165, 1.54) is 0 Å². The van der Waals surface area contributed by atoms with Crippen LogP contribution in [0.5, 0.6) is 0 Å². The molecule has 0 amide bonds. The van der Waals surface area contributed by atoms with E-state index in [2.05, 4.69) is 5.32 Å². The molecule has 0 saturated heterocycles. The van der Waals surface area contributed by atoms with E-state index < -0.39 is 0 Å². The van der Waals surface area contributed by atoms with Crippen LogP contribution in [-0.4, -0.2) is 18.9 Å². The van der Waals surface area contributed by atoms with Gasteiger partial charge in [0.25, 0.3) is 0 Å². The van der Waals surface area contributed by atoms with Crippen LogP contribution < -0.4 is 5.32 Å². The summed E-state index contributed by atoms with van der Waals surface area (Å²) in [5.74, 6) is 0. The molecule has 0 bridgehead atoms. The van der Waals surface area contributed by atoms with Gasteiger partial charge in [-0.3, -0.25) is 0 Å². The van der Waals surface area contributed by atoms with Gasteiger partial charge >= 0.3 is 18.9 Å². The topological polar surface area (TPSA) is 12.0 Å². The van der Waals surface area contributed by atoms with E-state index in [9.17, 15) is 0 Å². The Balaban J connectivity index is 0.000000980. The Labute approximate surface area is 96.3 Å². The number of nitrogens with one attached hydrogen (secondary N) is 1. The molecule has 14 heavy (non-hydrogen) atoms. The summed E-state index contributed by atoms with van der Waals surface area (Å²) in [4.78, 5) is 0. The zero-order valence-electron chi connectivity index (χ0n) is 7.27. The molecule has 2 aromatic carbocycles. The first kappa shape index (κ1) is 10.9. The fourth-order valence-electron chi connectivity index (χ4n) is 1.21. The maximum atomic E-state index is 3.30. The predicted octanol–water partition coefficient (Wildman–Crippen LogP) is 2.78. The van der Waals surface area contributed by atoms with Crippen molar-refractivity contribution in [2.75, 3.05) is 5.32 Å². The molecule has 0 fully saturated rings. The van der Waals surface area contributed by atoms with Crippen LogP contribution in [0.3, 0.4) is 0 Å². The fourth-order valence-corrected chi connectivity index (χ4v) is 1.21. The predicted molar refractivity (Wildman–Crippen MR) is 63.3 cm³/mol. The normalized spacial score (nSPS) is 8.86. The number of hydrogen-bond acceptors (Lipinski definition) is 1. The second kappa shape index (κ2) is 5.54. The summed E-state index contributed by atoms with van der Waals surface area (Å²) in [5, 5.41) is 3.30. The molecule has 0 spiro atoms. The molecule has 1 nitrogen and oxygen atoms in total. The van der Waals surface area contributed by atoms with Gasteiger partial charge in [-0.25, -0.2) is 0 Å². The van der Waals surface area contributed by atoms with Crippen molar-refractivity contribution in [1.82, 2.24) is 0 Å². The molecule has 2 aromatic rings. The molecule has 0 atom stereocenters. The van der Waals surface area contributed by atoms with Crippen molar-refractivity contribution in [2.24, 2.45) is 0 Å². The molecule has 1 N–H and O–H groups in total. The molecule has 0 saturated carbocycles. The van der Waals surface area contributed by atoms with Crippen molar-refractivity contribution in [2.45, 2.75) is 0 Å². The summed E-state index contributed by atoms with van der Waals surface area (Å²) in [6.07, 6.45) is 0. The summed E-state index contributed by atoms with van der Waals surface area (Å²) in [7, 11) is 0. The molecule has 66 valence electrons. The molecule has 2 heteroatoms. The van der Waals surface area contributed by atoms with E-state index in [0.29, 0.717) is 0 Å². The van der Waals surface area contributed by atoms with Gasteiger partial charge in [-0.15, -0.1) is 0 Å². The Kier molecular flexibility index (Phi) is 4.32. The molecule has 0 heterocycles. The monoisotopic (exact) mass is 177 g/mol. The molecule has 2 rings (SSSR count). The Hall–Kier alpha value is -1.16. The Morgan fingerprint density at radius 2 is 0.929 bits per heavy atom. The van der Waals surface area contributed by atoms with Gasteiger partial charge in [0.15, 0.2) is 0 Å². The molecular weight excluding hydrogens is 165 g/mol. The van der Waals surface area contributed by atoms with E-state index >= 15 is 0 Å². The molecular formula is C12H12LiN. The molecule has 0 aromatic heterocycles. The quantitative estimate of drug-likeness (QED) is 0.695. The average molecular weight is 177 g/mol. The first-order valence-corrected chi connectivity index (χ1v) is 4.32. The molecule has 0 radical (unpaired) electrons. The third kappa shape index (κ3) is 2.96. The third-order valence-electron chi connectivity index (χ3n) is 1.84. The second-order valence-corrected chi connectivity index (χ2v) is 2.86. The average Bonchev–Trinajstić information content (AvgIpc) is 2.21. The minimum atomic E-state index is 0. The summed E-state index contributed by atoms with van der Waals surface area (Å²) < 4.78 is 0. The van der Waals surface area contributed by atoms with Gasteiger partial charge in [0.1, 0.15) is 0 Å². The number of anilines is 2. The van der Waals surface area contributed by atoms with Crippen molar-refractivity contribution >= 4 is 30.2 Å². The van der Waals surface area contributed by atoms with E-state index in [4.69, 9.17) is 0 Å². The van der Waals surface area contributed by atoms with Crippen molar-refractivity contribution in [3.63, 3.8) is 0 Å². The van der Waals surface area contributed by atoms with Gasteiger partial charge in [-0.1, -0.05) is 36.4 Å². The van der Waals surface area contributed by atoms with E-state index in [1.54, 1.807) is 0 Å². The van der Waals surface area contributed by atoms with Crippen LogP contribution in [0.4, 0.5) is 11.4 Å². The van der Waals surface area contributed by atoms with Crippen LogP contribution in [0, 0.1) is 0 Å². The van der Waals surface area contributed by atoms with Crippen molar-refractivity contribution in [3.05, 3.63) is 60.7 Å². The maximum absolute atomic E-state index is 3.30. The van der Waals surface area contributed by atoms with Crippen molar-refractivity contribution < 1.29 is 0 Å². The fraction of sp³-hybridized carbons (Fsp3) is 0. The summed E-state index contributed by atoms with van der Waals surface area (Å²) in [6, 6.07) is 20.3. The SMILES string of the molecule is [LiH].c1ccc(Nc2ccccc2)cc1. The minimum Gasteiger partial charge on any atom is -0.356 e. The number of hydrogen-bond donors (Lipinski definition) is 1. The Morgan fingerprint density at radius 3 is 1.29 bits per heavy atom. The van der Waals surface area contributed by atoms with E-state index in [1.807, 2.05) is 60.7 Å². The van der Waals surface area contributed by atoms with E-state index in [0.717, 1.165) is 11.4 Å². The summed E-state index contributed by atoms with van der Waals surface area (Å²) >= 11 is 0. The Bertz CT molecular complexity index is 321.